The number of amides is 1. The number of rotatable bonds is 5. The number of aromatic nitrogens is 4. The molecule has 1 fully saturated rings. The van der Waals surface area contributed by atoms with Crippen molar-refractivity contribution in [2.75, 3.05) is 32.5 Å². The number of carboxylic acid groups (broad SMARTS) is 1. The summed E-state index contributed by atoms with van der Waals surface area (Å²) in [6.45, 7) is 2.33. The van der Waals surface area contributed by atoms with Crippen LogP contribution in [0, 0.1) is 5.92 Å². The van der Waals surface area contributed by atoms with Crippen molar-refractivity contribution in [2.24, 2.45) is 5.92 Å². The molecule has 3 heterocycles. The van der Waals surface area contributed by atoms with Gasteiger partial charge in [-0.25, -0.2) is 23.7 Å². The van der Waals surface area contributed by atoms with Gasteiger partial charge in [-0.2, -0.15) is 25.9 Å². The van der Waals surface area contributed by atoms with Crippen molar-refractivity contribution < 1.29 is 31.5 Å². The number of nitrogens with zero attached hydrogens (tertiary/aromatic N) is 6. The zero-order chi connectivity index (χ0) is 23.8. The Balaban J connectivity index is 1.94. The van der Waals surface area contributed by atoms with E-state index in [0.717, 1.165) is 16.8 Å². The molecule has 2 atom stereocenters. The van der Waals surface area contributed by atoms with Crippen LogP contribution in [0.25, 0.3) is 11.4 Å². The Bertz CT molecular complexity index is 1100. The Morgan fingerprint density at radius 1 is 1.31 bits per heavy atom. The molecule has 1 aliphatic rings. The van der Waals surface area contributed by atoms with E-state index in [1.54, 1.807) is 0 Å². The summed E-state index contributed by atoms with van der Waals surface area (Å²) in [5.74, 6) is -0.239. The molecule has 2 N–H and O–H groups in total. The summed E-state index contributed by atoms with van der Waals surface area (Å²) >= 11 is 0. The van der Waals surface area contributed by atoms with Crippen LogP contribution in [0.5, 0.6) is 0 Å². The standard InChI is InChI=1S/C17H22F3N7O4S/c1-10-7-26(16(28)29)5-4-12(10)23-15-21-6-11(17(18,19)20)14(24-15)13-8-27(9-22-13)32(30,31)25(2)3/h6,8-10,12H,4-5,7H2,1-3H3,(H,28,29)(H,21,23,24)/t10-,12+/m1/s1. The molecule has 11 nitrogen and oxygen atoms in total. The molecule has 0 bridgehead atoms. The molecule has 3 rings (SSSR count). The van der Waals surface area contributed by atoms with Crippen LogP contribution in [0.15, 0.2) is 18.7 Å². The molecule has 1 aliphatic heterocycles. The van der Waals surface area contributed by atoms with Gasteiger partial charge in [0.15, 0.2) is 0 Å². The maximum Gasteiger partial charge on any atom is 0.420 e. The minimum Gasteiger partial charge on any atom is -0.465 e. The number of hydrogen-bond acceptors (Lipinski definition) is 7. The van der Waals surface area contributed by atoms with E-state index in [9.17, 15) is 26.4 Å². The first-order valence-electron chi connectivity index (χ1n) is 9.46. The second-order valence-corrected chi connectivity index (χ2v) is 9.63. The highest BCUT2D eigenvalue weighted by Gasteiger charge is 2.37. The third kappa shape index (κ3) is 4.77. The van der Waals surface area contributed by atoms with Crippen molar-refractivity contribution in [3.05, 3.63) is 24.3 Å². The molecule has 0 aliphatic carbocycles. The molecule has 2 aromatic rings. The predicted octanol–water partition coefficient (Wildman–Crippen LogP) is 1.81. The van der Waals surface area contributed by atoms with E-state index >= 15 is 0 Å². The number of carbonyl (C=O) groups is 1. The molecule has 32 heavy (non-hydrogen) atoms. The summed E-state index contributed by atoms with van der Waals surface area (Å²) in [5, 5.41) is 12.1. The largest absolute Gasteiger partial charge is 0.465 e. The zero-order valence-corrected chi connectivity index (χ0v) is 18.2. The fraction of sp³-hybridized carbons (Fsp3) is 0.529. The van der Waals surface area contributed by atoms with Crippen LogP contribution >= 0.6 is 0 Å². The quantitative estimate of drug-likeness (QED) is 0.666. The average Bonchev–Trinajstić information content (AvgIpc) is 3.19. The molecular formula is C17H22F3N7O4S. The van der Waals surface area contributed by atoms with E-state index in [4.69, 9.17) is 5.11 Å². The van der Waals surface area contributed by atoms with Gasteiger partial charge in [0.2, 0.25) is 5.95 Å². The van der Waals surface area contributed by atoms with E-state index in [1.807, 2.05) is 6.92 Å². The highest BCUT2D eigenvalue weighted by atomic mass is 32.2. The SMILES string of the molecule is C[C@@H]1CN(C(=O)O)CC[C@@H]1Nc1ncc(C(F)(F)F)c(-c2cn(S(=O)(=O)N(C)C)cn2)n1. The highest BCUT2D eigenvalue weighted by Crippen LogP contribution is 2.36. The van der Waals surface area contributed by atoms with Gasteiger partial charge in [0.1, 0.15) is 23.3 Å². The molecular weight excluding hydrogens is 455 g/mol. The van der Waals surface area contributed by atoms with Crippen molar-refractivity contribution >= 4 is 22.3 Å². The lowest BCUT2D eigenvalue weighted by atomic mass is 9.94. The van der Waals surface area contributed by atoms with E-state index < -0.39 is 33.7 Å². The van der Waals surface area contributed by atoms with Crippen LogP contribution in [0.1, 0.15) is 18.9 Å². The Kier molecular flexibility index (Phi) is 6.33. The topological polar surface area (TPSA) is 134 Å². The molecule has 1 saturated heterocycles. The number of anilines is 1. The second-order valence-electron chi connectivity index (χ2n) is 7.58. The fourth-order valence-corrected chi connectivity index (χ4v) is 4.07. The van der Waals surface area contributed by atoms with Crippen LogP contribution in [0.2, 0.25) is 0 Å². The van der Waals surface area contributed by atoms with Gasteiger partial charge in [-0.15, -0.1) is 0 Å². The van der Waals surface area contributed by atoms with E-state index in [0.29, 0.717) is 16.6 Å². The summed E-state index contributed by atoms with van der Waals surface area (Å²) in [5.41, 5.74) is -2.02. The number of piperidine rings is 1. The van der Waals surface area contributed by atoms with Crippen LogP contribution < -0.4 is 5.32 Å². The Morgan fingerprint density at radius 2 is 2.00 bits per heavy atom. The van der Waals surface area contributed by atoms with Crippen molar-refractivity contribution in [1.29, 1.82) is 0 Å². The van der Waals surface area contributed by atoms with E-state index in [2.05, 4.69) is 20.3 Å². The van der Waals surface area contributed by atoms with E-state index in [1.165, 1.54) is 19.0 Å². The smallest absolute Gasteiger partial charge is 0.420 e. The lowest BCUT2D eigenvalue weighted by Crippen LogP contribution is -2.47. The third-order valence-corrected chi connectivity index (χ3v) is 6.77. The molecule has 0 saturated carbocycles. The van der Waals surface area contributed by atoms with E-state index in [-0.39, 0.29) is 36.7 Å². The summed E-state index contributed by atoms with van der Waals surface area (Å²) in [7, 11) is -1.42. The van der Waals surface area contributed by atoms with Crippen molar-refractivity contribution in [1.82, 2.24) is 28.1 Å². The number of imidazole rings is 1. The highest BCUT2D eigenvalue weighted by molar-refractivity contribution is 7.87. The monoisotopic (exact) mass is 477 g/mol. The third-order valence-electron chi connectivity index (χ3n) is 5.12. The molecule has 176 valence electrons. The Hall–Kier alpha value is -2.94. The number of halogens is 3. The maximum absolute atomic E-state index is 13.6. The fourth-order valence-electron chi connectivity index (χ4n) is 3.30. The first kappa shape index (κ1) is 23.7. The maximum atomic E-state index is 13.6. The zero-order valence-electron chi connectivity index (χ0n) is 17.4. The van der Waals surface area contributed by atoms with Gasteiger partial charge in [0, 0.05) is 39.4 Å². The van der Waals surface area contributed by atoms with Gasteiger partial charge in [0.25, 0.3) is 0 Å². The van der Waals surface area contributed by atoms with Gasteiger partial charge in [-0.05, 0) is 12.3 Å². The normalized spacial score (nSPS) is 19.9. The van der Waals surface area contributed by atoms with Gasteiger partial charge in [0.05, 0.1) is 6.20 Å². The van der Waals surface area contributed by atoms with Crippen LogP contribution in [0.4, 0.5) is 23.9 Å². The first-order valence-corrected chi connectivity index (χ1v) is 10.9. The average molecular weight is 477 g/mol. The minimum atomic E-state index is -4.79. The van der Waals surface area contributed by atoms with Crippen LogP contribution in [-0.4, -0.2) is 81.0 Å². The molecule has 1 amide bonds. The molecule has 0 radical (unpaired) electrons. The summed E-state index contributed by atoms with van der Waals surface area (Å²) in [6.07, 6.45) is -2.96. The number of hydrogen-bond donors (Lipinski definition) is 2. The van der Waals surface area contributed by atoms with Crippen molar-refractivity contribution in [3.63, 3.8) is 0 Å². The molecule has 0 spiro atoms. The molecule has 0 aromatic carbocycles. The van der Waals surface area contributed by atoms with Crippen molar-refractivity contribution in [3.8, 4) is 11.4 Å². The van der Waals surface area contributed by atoms with Gasteiger partial charge in [-0.1, -0.05) is 6.92 Å². The van der Waals surface area contributed by atoms with Gasteiger partial charge in [-0.3, -0.25) is 0 Å². The first-order chi connectivity index (χ1) is 14.8. The lowest BCUT2D eigenvalue weighted by Gasteiger charge is -2.35. The number of likely N-dealkylation sites (tertiary alicyclic amines) is 1. The molecule has 15 heteroatoms. The number of alkyl halides is 3. The summed E-state index contributed by atoms with van der Waals surface area (Å²) in [6, 6.07) is -0.262. The second kappa shape index (κ2) is 8.54. The lowest BCUT2D eigenvalue weighted by molar-refractivity contribution is -0.137. The van der Waals surface area contributed by atoms with Crippen molar-refractivity contribution in [2.45, 2.75) is 25.6 Å². The summed E-state index contributed by atoms with van der Waals surface area (Å²) < 4.78 is 66.7. The summed E-state index contributed by atoms with van der Waals surface area (Å²) in [4.78, 5) is 23.9. The Morgan fingerprint density at radius 3 is 2.56 bits per heavy atom. The van der Waals surface area contributed by atoms with Crippen LogP contribution in [-0.2, 0) is 16.4 Å². The predicted molar refractivity (Wildman–Crippen MR) is 107 cm³/mol. The Labute approximate surface area is 182 Å². The van der Waals surface area contributed by atoms with Gasteiger partial charge < -0.3 is 15.3 Å². The van der Waals surface area contributed by atoms with Gasteiger partial charge >= 0.3 is 22.5 Å². The van der Waals surface area contributed by atoms with Crippen LogP contribution in [0.3, 0.4) is 0 Å². The minimum absolute atomic E-state index is 0.0985. The number of nitrogens with one attached hydrogen (secondary N) is 1. The molecule has 0 unspecified atom stereocenters. The molecule has 2 aromatic heterocycles.